The maximum absolute atomic E-state index is 6.55. The molecule has 0 amide bonds. The SMILES string of the molecule is Clc1cc(Cl)cc(C(Cl)c2ccc3c(c2)OCCCO3)c1. The molecule has 0 saturated heterocycles. The highest BCUT2D eigenvalue weighted by atomic mass is 35.5. The van der Waals surface area contributed by atoms with Gasteiger partial charge in [0.2, 0.25) is 0 Å². The second-order valence-electron chi connectivity index (χ2n) is 4.82. The van der Waals surface area contributed by atoms with Crippen LogP contribution < -0.4 is 9.47 Å². The van der Waals surface area contributed by atoms with E-state index in [2.05, 4.69) is 0 Å². The van der Waals surface area contributed by atoms with Gasteiger partial charge in [0, 0.05) is 16.5 Å². The van der Waals surface area contributed by atoms with Gasteiger partial charge in [-0.15, -0.1) is 11.6 Å². The van der Waals surface area contributed by atoms with Crippen molar-refractivity contribution in [3.63, 3.8) is 0 Å². The van der Waals surface area contributed by atoms with E-state index in [0.29, 0.717) is 23.3 Å². The Morgan fingerprint density at radius 2 is 1.48 bits per heavy atom. The molecule has 0 aliphatic carbocycles. The average Bonchev–Trinajstić information content (AvgIpc) is 2.69. The number of hydrogen-bond donors (Lipinski definition) is 0. The lowest BCUT2D eigenvalue weighted by Crippen LogP contribution is -1.97. The number of ether oxygens (including phenoxy) is 2. The maximum atomic E-state index is 6.55. The topological polar surface area (TPSA) is 18.5 Å². The molecule has 0 spiro atoms. The molecule has 1 atom stereocenters. The fraction of sp³-hybridized carbons (Fsp3) is 0.250. The molecule has 1 unspecified atom stereocenters. The second kappa shape index (κ2) is 6.35. The van der Waals surface area contributed by atoms with Crippen LogP contribution in [0.4, 0.5) is 0 Å². The molecule has 0 saturated carbocycles. The number of fused-ring (bicyclic) bond motifs is 1. The first kappa shape index (κ1) is 14.8. The lowest BCUT2D eigenvalue weighted by Gasteiger charge is -2.14. The zero-order valence-corrected chi connectivity index (χ0v) is 13.4. The summed E-state index contributed by atoms with van der Waals surface area (Å²) in [6.45, 7) is 1.31. The van der Waals surface area contributed by atoms with Gasteiger partial charge in [0.15, 0.2) is 11.5 Å². The van der Waals surface area contributed by atoms with Gasteiger partial charge in [-0.1, -0.05) is 29.3 Å². The molecular formula is C16H13Cl3O2. The third-order valence-electron chi connectivity index (χ3n) is 3.24. The minimum Gasteiger partial charge on any atom is -0.490 e. The molecule has 2 aromatic carbocycles. The summed E-state index contributed by atoms with van der Waals surface area (Å²) in [6.07, 6.45) is 0.873. The van der Waals surface area contributed by atoms with Gasteiger partial charge in [-0.3, -0.25) is 0 Å². The Hall–Kier alpha value is -1.09. The van der Waals surface area contributed by atoms with E-state index in [4.69, 9.17) is 44.3 Å². The lowest BCUT2D eigenvalue weighted by molar-refractivity contribution is 0.297. The predicted molar refractivity (Wildman–Crippen MR) is 86.2 cm³/mol. The summed E-state index contributed by atoms with van der Waals surface area (Å²) in [5, 5.41) is 0.785. The summed E-state index contributed by atoms with van der Waals surface area (Å²) >= 11 is 18.6. The van der Waals surface area contributed by atoms with Crippen LogP contribution in [0.5, 0.6) is 11.5 Å². The summed E-state index contributed by atoms with van der Waals surface area (Å²) in [7, 11) is 0. The van der Waals surface area contributed by atoms with E-state index in [0.717, 1.165) is 29.0 Å². The molecular weight excluding hydrogens is 331 g/mol. The summed E-state index contributed by atoms with van der Waals surface area (Å²) in [5.41, 5.74) is 1.77. The van der Waals surface area contributed by atoms with Gasteiger partial charge in [-0.2, -0.15) is 0 Å². The fourth-order valence-electron chi connectivity index (χ4n) is 2.25. The highest BCUT2D eigenvalue weighted by molar-refractivity contribution is 6.35. The molecule has 0 N–H and O–H groups in total. The number of alkyl halides is 1. The van der Waals surface area contributed by atoms with E-state index in [1.54, 1.807) is 6.07 Å². The molecule has 1 aliphatic heterocycles. The summed E-state index contributed by atoms with van der Waals surface area (Å²) in [6, 6.07) is 11.0. The largest absolute Gasteiger partial charge is 0.490 e. The van der Waals surface area contributed by atoms with Crippen molar-refractivity contribution < 1.29 is 9.47 Å². The molecule has 0 fully saturated rings. The van der Waals surface area contributed by atoms with Crippen LogP contribution in [0.3, 0.4) is 0 Å². The van der Waals surface area contributed by atoms with Gasteiger partial charge in [0.25, 0.3) is 0 Å². The Morgan fingerprint density at radius 3 is 2.19 bits per heavy atom. The zero-order valence-electron chi connectivity index (χ0n) is 11.1. The van der Waals surface area contributed by atoms with Crippen LogP contribution in [0.1, 0.15) is 22.9 Å². The van der Waals surface area contributed by atoms with Crippen LogP contribution in [-0.4, -0.2) is 13.2 Å². The van der Waals surface area contributed by atoms with Crippen LogP contribution in [0.25, 0.3) is 0 Å². The van der Waals surface area contributed by atoms with Gasteiger partial charge < -0.3 is 9.47 Å². The Bertz CT molecular complexity index is 638. The van der Waals surface area contributed by atoms with Crippen molar-refractivity contribution in [3.8, 4) is 11.5 Å². The highest BCUT2D eigenvalue weighted by Gasteiger charge is 2.17. The minimum atomic E-state index is -0.349. The van der Waals surface area contributed by atoms with Crippen molar-refractivity contribution in [3.05, 3.63) is 57.6 Å². The number of halogens is 3. The van der Waals surface area contributed by atoms with Gasteiger partial charge in [0.1, 0.15) is 0 Å². The predicted octanol–water partition coefficient (Wildman–Crippen LogP) is 5.48. The van der Waals surface area contributed by atoms with Crippen molar-refractivity contribution in [2.75, 3.05) is 13.2 Å². The summed E-state index contributed by atoms with van der Waals surface area (Å²) in [5.74, 6) is 1.48. The van der Waals surface area contributed by atoms with E-state index >= 15 is 0 Å². The van der Waals surface area contributed by atoms with E-state index in [1.165, 1.54) is 0 Å². The molecule has 110 valence electrons. The first-order valence-corrected chi connectivity index (χ1v) is 7.82. The Kier molecular flexibility index (Phi) is 4.48. The van der Waals surface area contributed by atoms with Crippen molar-refractivity contribution in [1.82, 2.24) is 0 Å². The standard InChI is InChI=1S/C16H13Cl3O2/c17-12-6-11(7-13(18)9-12)16(19)10-2-3-14-15(8-10)21-5-1-4-20-14/h2-3,6-9,16H,1,4-5H2. The maximum Gasteiger partial charge on any atom is 0.161 e. The molecule has 2 nitrogen and oxygen atoms in total. The fourth-order valence-corrected chi connectivity index (χ4v) is 3.06. The van der Waals surface area contributed by atoms with Crippen LogP contribution in [-0.2, 0) is 0 Å². The van der Waals surface area contributed by atoms with E-state index in [1.807, 2.05) is 30.3 Å². The first-order chi connectivity index (χ1) is 10.1. The molecule has 1 heterocycles. The third-order valence-corrected chi connectivity index (χ3v) is 4.18. The third kappa shape index (κ3) is 3.39. The van der Waals surface area contributed by atoms with Crippen molar-refractivity contribution in [2.45, 2.75) is 11.8 Å². The monoisotopic (exact) mass is 342 g/mol. The van der Waals surface area contributed by atoms with Crippen LogP contribution in [0.2, 0.25) is 10.0 Å². The van der Waals surface area contributed by atoms with Crippen molar-refractivity contribution >= 4 is 34.8 Å². The normalized spacial score (nSPS) is 15.4. The number of rotatable bonds is 2. The Balaban J connectivity index is 1.94. The zero-order chi connectivity index (χ0) is 14.8. The molecule has 0 radical (unpaired) electrons. The first-order valence-electron chi connectivity index (χ1n) is 6.63. The van der Waals surface area contributed by atoms with E-state index < -0.39 is 0 Å². The molecule has 3 rings (SSSR count). The highest BCUT2D eigenvalue weighted by Crippen LogP contribution is 2.37. The molecule has 21 heavy (non-hydrogen) atoms. The molecule has 0 aromatic heterocycles. The quantitative estimate of drug-likeness (QED) is 0.672. The van der Waals surface area contributed by atoms with Crippen LogP contribution >= 0.6 is 34.8 Å². The van der Waals surface area contributed by atoms with Crippen molar-refractivity contribution in [1.29, 1.82) is 0 Å². The number of hydrogen-bond acceptors (Lipinski definition) is 2. The summed E-state index contributed by atoms with van der Waals surface area (Å²) in [4.78, 5) is 0. The molecule has 2 aromatic rings. The smallest absolute Gasteiger partial charge is 0.161 e. The molecule has 1 aliphatic rings. The van der Waals surface area contributed by atoms with E-state index in [9.17, 15) is 0 Å². The van der Waals surface area contributed by atoms with Gasteiger partial charge in [-0.25, -0.2) is 0 Å². The van der Waals surface area contributed by atoms with Gasteiger partial charge in [-0.05, 0) is 41.5 Å². The van der Waals surface area contributed by atoms with Gasteiger partial charge >= 0.3 is 0 Å². The molecule has 0 bridgehead atoms. The van der Waals surface area contributed by atoms with Crippen LogP contribution in [0.15, 0.2) is 36.4 Å². The van der Waals surface area contributed by atoms with E-state index in [-0.39, 0.29) is 5.38 Å². The van der Waals surface area contributed by atoms with Gasteiger partial charge in [0.05, 0.1) is 18.6 Å². The molecule has 5 heteroatoms. The lowest BCUT2D eigenvalue weighted by atomic mass is 10.0. The Labute approximate surface area is 138 Å². The van der Waals surface area contributed by atoms with Crippen LogP contribution in [0, 0.1) is 0 Å². The Morgan fingerprint density at radius 1 is 0.810 bits per heavy atom. The summed E-state index contributed by atoms with van der Waals surface area (Å²) < 4.78 is 11.3. The minimum absolute atomic E-state index is 0.349. The number of benzene rings is 2. The van der Waals surface area contributed by atoms with Crippen molar-refractivity contribution in [2.24, 2.45) is 0 Å². The second-order valence-corrected chi connectivity index (χ2v) is 6.13. The average molecular weight is 344 g/mol.